The molecule has 4 rings (SSSR count). The fraction of sp³-hybridized carbons (Fsp3) is 0.0769. The van der Waals surface area contributed by atoms with Gasteiger partial charge in [-0.05, 0) is 60.3 Å². The summed E-state index contributed by atoms with van der Waals surface area (Å²) >= 11 is 0. The van der Waals surface area contributed by atoms with Gasteiger partial charge in [-0.3, -0.25) is 0 Å². The van der Waals surface area contributed by atoms with Crippen molar-refractivity contribution in [2.75, 3.05) is 6.61 Å². The van der Waals surface area contributed by atoms with Crippen LogP contribution in [0.25, 0.3) is 21.9 Å². The third-order valence-corrected chi connectivity index (χ3v) is 4.91. The molecule has 0 radical (unpaired) electrons. The monoisotopic (exact) mass is 456 g/mol. The molecule has 0 amide bonds. The van der Waals surface area contributed by atoms with Crippen LogP contribution < -0.4 is 4.74 Å². The number of rotatable bonds is 3. The van der Waals surface area contributed by atoms with Gasteiger partial charge in [-0.25, -0.2) is 26.3 Å². The highest BCUT2D eigenvalue weighted by Crippen LogP contribution is 2.29. The van der Waals surface area contributed by atoms with Crippen LogP contribution in [0, 0.1) is 46.7 Å². The minimum absolute atomic E-state index is 0.0124. The molecule has 0 aliphatic carbocycles. The second-order valence-electron chi connectivity index (χ2n) is 7.06. The van der Waals surface area contributed by atoms with Crippen molar-refractivity contribution < 1.29 is 31.1 Å². The molecule has 0 spiro atoms. The first-order valence-corrected chi connectivity index (χ1v) is 9.79. The summed E-state index contributed by atoms with van der Waals surface area (Å²) in [7, 11) is 0. The van der Waals surface area contributed by atoms with Crippen LogP contribution in [0.3, 0.4) is 0 Å². The summed E-state index contributed by atoms with van der Waals surface area (Å²) in [5.41, 5.74) is -0.383. The van der Waals surface area contributed by atoms with Gasteiger partial charge in [0, 0.05) is 22.6 Å². The summed E-state index contributed by atoms with van der Waals surface area (Å²) in [5.74, 6) is -1.85. The van der Waals surface area contributed by atoms with Crippen molar-refractivity contribution in [2.45, 2.75) is 6.92 Å². The first kappa shape index (κ1) is 22.3. The van der Waals surface area contributed by atoms with Crippen molar-refractivity contribution in [1.29, 1.82) is 0 Å². The summed E-state index contributed by atoms with van der Waals surface area (Å²) in [5, 5.41) is -0.112. The van der Waals surface area contributed by atoms with Crippen molar-refractivity contribution in [3.05, 3.63) is 101 Å². The summed E-state index contributed by atoms with van der Waals surface area (Å²) in [6.07, 6.45) is 0. The number of halogens is 6. The molecule has 0 aliphatic heterocycles. The molecule has 1 nitrogen and oxygen atoms in total. The Morgan fingerprint density at radius 1 is 0.697 bits per heavy atom. The average Bonchev–Trinajstić information content (AvgIpc) is 2.77. The highest BCUT2D eigenvalue weighted by molar-refractivity contribution is 5.84. The van der Waals surface area contributed by atoms with E-state index in [1.807, 2.05) is 0 Å². The molecule has 7 heteroatoms. The zero-order chi connectivity index (χ0) is 23.7. The molecule has 0 bridgehead atoms. The van der Waals surface area contributed by atoms with Gasteiger partial charge in [0.25, 0.3) is 0 Å². The lowest BCUT2D eigenvalue weighted by Gasteiger charge is -2.08. The highest BCUT2D eigenvalue weighted by Gasteiger charge is 2.15. The van der Waals surface area contributed by atoms with E-state index in [2.05, 4.69) is 11.8 Å². The number of hydrogen-bond acceptors (Lipinski definition) is 1. The molecule has 0 aliphatic rings. The Kier molecular flexibility index (Phi) is 6.01. The number of hydrogen-bond donors (Lipinski definition) is 0. The molecule has 166 valence electrons. The lowest BCUT2D eigenvalue weighted by atomic mass is 10.0. The molecular weight excluding hydrogens is 442 g/mol. The molecule has 0 saturated carbocycles. The Hall–Kier alpha value is -3.92. The zero-order valence-corrected chi connectivity index (χ0v) is 17.1. The van der Waals surface area contributed by atoms with Crippen LogP contribution in [0.2, 0.25) is 0 Å². The van der Waals surface area contributed by atoms with Gasteiger partial charge < -0.3 is 4.74 Å². The maximum Gasteiger partial charge on any atom is 0.195 e. The molecule has 33 heavy (non-hydrogen) atoms. The van der Waals surface area contributed by atoms with Crippen LogP contribution in [0.1, 0.15) is 18.1 Å². The van der Waals surface area contributed by atoms with Gasteiger partial charge in [-0.1, -0.05) is 17.9 Å². The van der Waals surface area contributed by atoms with Crippen LogP contribution in [0.4, 0.5) is 26.3 Å². The fourth-order valence-corrected chi connectivity index (χ4v) is 3.35. The standard InChI is InChI=1S/C26H14F6O/c1-2-33-17-5-8-18(23(29)13-17)16-10-21(27)20(22(28)11-16)7-4-14-3-6-19-15(9-14)12-24(30)26(32)25(19)31/h3,5-6,8-13H,2H2,1H3. The van der Waals surface area contributed by atoms with Gasteiger partial charge in [0.05, 0.1) is 12.2 Å². The van der Waals surface area contributed by atoms with Gasteiger partial charge in [0.1, 0.15) is 23.2 Å². The molecule has 4 aromatic carbocycles. The fourth-order valence-electron chi connectivity index (χ4n) is 3.35. The Bertz CT molecular complexity index is 1430. The average molecular weight is 456 g/mol. The van der Waals surface area contributed by atoms with Crippen molar-refractivity contribution in [2.24, 2.45) is 0 Å². The van der Waals surface area contributed by atoms with Crippen LogP contribution >= 0.6 is 0 Å². The highest BCUT2D eigenvalue weighted by atomic mass is 19.2. The number of fused-ring (bicyclic) bond motifs is 1. The van der Waals surface area contributed by atoms with Gasteiger partial charge in [-0.2, -0.15) is 0 Å². The van der Waals surface area contributed by atoms with Gasteiger partial charge in [0.2, 0.25) is 0 Å². The van der Waals surface area contributed by atoms with Crippen LogP contribution in [-0.2, 0) is 0 Å². The van der Waals surface area contributed by atoms with E-state index < -0.39 is 40.5 Å². The van der Waals surface area contributed by atoms with E-state index in [1.165, 1.54) is 30.3 Å². The van der Waals surface area contributed by atoms with Crippen LogP contribution in [-0.4, -0.2) is 6.61 Å². The molecule has 0 heterocycles. The molecular formula is C26H14F6O. The maximum atomic E-state index is 14.6. The molecule has 0 atom stereocenters. The molecule has 0 N–H and O–H groups in total. The van der Waals surface area contributed by atoms with Gasteiger partial charge in [0.15, 0.2) is 17.5 Å². The van der Waals surface area contributed by atoms with E-state index in [-0.39, 0.29) is 27.5 Å². The van der Waals surface area contributed by atoms with Crippen molar-refractivity contribution >= 4 is 10.8 Å². The lowest BCUT2D eigenvalue weighted by Crippen LogP contribution is -1.96. The largest absolute Gasteiger partial charge is 0.494 e. The zero-order valence-electron chi connectivity index (χ0n) is 17.1. The number of ether oxygens (including phenoxy) is 1. The molecule has 0 unspecified atom stereocenters. The van der Waals surface area contributed by atoms with E-state index in [9.17, 15) is 26.3 Å². The second kappa shape index (κ2) is 8.91. The first-order chi connectivity index (χ1) is 15.8. The topological polar surface area (TPSA) is 9.23 Å². The molecule has 4 aromatic rings. The maximum absolute atomic E-state index is 14.6. The van der Waals surface area contributed by atoms with E-state index >= 15 is 0 Å². The van der Waals surface area contributed by atoms with Crippen molar-refractivity contribution in [3.63, 3.8) is 0 Å². The van der Waals surface area contributed by atoms with Crippen LogP contribution in [0.15, 0.2) is 54.6 Å². The summed E-state index contributed by atoms with van der Waals surface area (Å²) < 4.78 is 89.5. The van der Waals surface area contributed by atoms with Crippen molar-refractivity contribution in [1.82, 2.24) is 0 Å². The first-order valence-electron chi connectivity index (χ1n) is 9.79. The van der Waals surface area contributed by atoms with Crippen molar-refractivity contribution in [3.8, 4) is 28.7 Å². The Morgan fingerprint density at radius 2 is 1.42 bits per heavy atom. The Balaban J connectivity index is 1.69. The third-order valence-electron chi connectivity index (χ3n) is 4.91. The van der Waals surface area contributed by atoms with E-state index in [0.29, 0.717) is 12.4 Å². The lowest BCUT2D eigenvalue weighted by molar-refractivity contribution is 0.338. The van der Waals surface area contributed by atoms with E-state index in [1.54, 1.807) is 6.92 Å². The predicted molar refractivity (Wildman–Crippen MR) is 113 cm³/mol. The SMILES string of the molecule is CCOc1ccc(-c2cc(F)c(C#Cc3ccc4c(F)c(F)c(F)cc4c3)c(F)c2)c(F)c1. The van der Waals surface area contributed by atoms with E-state index in [0.717, 1.165) is 24.3 Å². The predicted octanol–water partition coefficient (Wildman–Crippen LogP) is 7.14. The normalized spacial score (nSPS) is 10.8. The minimum atomic E-state index is -1.59. The molecule has 0 aromatic heterocycles. The van der Waals surface area contributed by atoms with Gasteiger partial charge >= 0.3 is 0 Å². The Morgan fingerprint density at radius 3 is 2.09 bits per heavy atom. The van der Waals surface area contributed by atoms with Gasteiger partial charge in [-0.15, -0.1) is 0 Å². The summed E-state index contributed by atoms with van der Waals surface area (Å²) in [4.78, 5) is 0. The minimum Gasteiger partial charge on any atom is -0.494 e. The smallest absolute Gasteiger partial charge is 0.195 e. The molecule has 0 fully saturated rings. The quantitative estimate of drug-likeness (QED) is 0.181. The summed E-state index contributed by atoms with van der Waals surface area (Å²) in [6, 6.07) is 10.5. The van der Waals surface area contributed by atoms with E-state index in [4.69, 9.17) is 4.74 Å². The molecule has 0 saturated heterocycles. The third kappa shape index (κ3) is 4.37. The number of benzene rings is 4. The Labute approximate surface area is 185 Å². The summed E-state index contributed by atoms with van der Waals surface area (Å²) in [6.45, 7) is 2.08. The van der Waals surface area contributed by atoms with Crippen LogP contribution in [0.5, 0.6) is 5.75 Å². The second-order valence-corrected chi connectivity index (χ2v) is 7.06.